The van der Waals surface area contributed by atoms with Gasteiger partial charge >= 0.3 is 0 Å². The van der Waals surface area contributed by atoms with Gasteiger partial charge in [-0.05, 0) is 89.2 Å². The van der Waals surface area contributed by atoms with Crippen LogP contribution in [0.4, 0.5) is 5.69 Å². The number of ether oxygens (including phenoxy) is 1. The van der Waals surface area contributed by atoms with E-state index in [2.05, 4.69) is 10.2 Å². The van der Waals surface area contributed by atoms with Crippen molar-refractivity contribution >= 4 is 40.7 Å². The smallest absolute Gasteiger partial charge is 0.252 e. The van der Waals surface area contributed by atoms with Gasteiger partial charge < -0.3 is 25.6 Å². The molecule has 2 saturated heterocycles. The molecule has 0 bridgehead atoms. The summed E-state index contributed by atoms with van der Waals surface area (Å²) in [7, 11) is 0. The first kappa shape index (κ1) is 25.9. The van der Waals surface area contributed by atoms with Crippen LogP contribution in [0.1, 0.15) is 39.5 Å². The molecule has 0 unspecified atom stereocenters. The van der Waals surface area contributed by atoms with Gasteiger partial charge in [-0.25, -0.2) is 0 Å². The number of amides is 3. The third-order valence-electron chi connectivity index (χ3n) is 6.41. The second-order valence-electron chi connectivity index (χ2n) is 8.66. The fourth-order valence-electron chi connectivity index (χ4n) is 4.53. The number of piperidine rings is 1. The van der Waals surface area contributed by atoms with Crippen molar-refractivity contribution < 1.29 is 19.1 Å². The number of nitrogens with zero attached hydrogens (tertiary/aromatic N) is 3. The summed E-state index contributed by atoms with van der Waals surface area (Å²) < 4.78 is 5.43. The van der Waals surface area contributed by atoms with Crippen molar-refractivity contribution in [3.05, 3.63) is 24.3 Å². The van der Waals surface area contributed by atoms with Crippen molar-refractivity contribution in [1.82, 2.24) is 14.7 Å². The normalized spacial score (nSPS) is 19.5. The van der Waals surface area contributed by atoms with Gasteiger partial charge in [0.15, 0.2) is 5.11 Å². The van der Waals surface area contributed by atoms with Crippen LogP contribution in [-0.2, 0) is 14.4 Å². The van der Waals surface area contributed by atoms with Gasteiger partial charge in [0.25, 0.3) is 5.91 Å². The zero-order valence-electron chi connectivity index (χ0n) is 20.0. The number of thiocarbonyl (C=S) groups is 1. The van der Waals surface area contributed by atoms with Crippen molar-refractivity contribution in [3.8, 4) is 5.75 Å². The van der Waals surface area contributed by atoms with Crippen molar-refractivity contribution in [2.75, 3.05) is 44.6 Å². The summed E-state index contributed by atoms with van der Waals surface area (Å²) in [5.74, 6) is 0.127. The zero-order valence-corrected chi connectivity index (χ0v) is 20.8. The first-order valence-corrected chi connectivity index (χ1v) is 12.4. The van der Waals surface area contributed by atoms with E-state index in [1.165, 1.54) is 0 Å². The summed E-state index contributed by atoms with van der Waals surface area (Å²) >= 11 is 5.57. The highest BCUT2D eigenvalue weighted by molar-refractivity contribution is 7.80. The standard InChI is InChI=1S/C24H35N5O4S/c1-3-28-23(32)20(16-21(30)26-18-6-8-19(9-7-18)33-4-2)29(24(28)34)13-5-12-27-14-10-17(11-15-27)22(25)31/h6-9,17,20H,3-5,10-16H2,1-2H3,(H2,25,31)(H,26,30)/t20-/m1/s1. The molecule has 0 saturated carbocycles. The number of nitrogens with one attached hydrogen (secondary N) is 1. The Bertz CT molecular complexity index is 886. The highest BCUT2D eigenvalue weighted by Gasteiger charge is 2.42. The Hall–Kier alpha value is -2.72. The number of benzene rings is 1. The lowest BCUT2D eigenvalue weighted by atomic mass is 9.96. The van der Waals surface area contributed by atoms with Crippen LogP contribution in [0.3, 0.4) is 0 Å². The molecule has 186 valence electrons. The van der Waals surface area contributed by atoms with Crippen molar-refractivity contribution in [1.29, 1.82) is 0 Å². The molecule has 2 aliphatic rings. The van der Waals surface area contributed by atoms with E-state index in [1.54, 1.807) is 29.2 Å². The Kier molecular flexibility index (Phi) is 9.23. The highest BCUT2D eigenvalue weighted by atomic mass is 32.1. The minimum absolute atomic E-state index is 0.0311. The first-order chi connectivity index (χ1) is 16.3. The summed E-state index contributed by atoms with van der Waals surface area (Å²) in [6.45, 7) is 7.96. The molecule has 0 radical (unpaired) electrons. The molecule has 34 heavy (non-hydrogen) atoms. The van der Waals surface area contributed by atoms with Crippen molar-refractivity contribution in [3.63, 3.8) is 0 Å². The summed E-state index contributed by atoms with van der Waals surface area (Å²) in [5, 5.41) is 3.35. The Morgan fingerprint density at radius 2 is 1.82 bits per heavy atom. The van der Waals surface area contributed by atoms with Crippen LogP contribution in [0, 0.1) is 5.92 Å². The van der Waals surface area contributed by atoms with E-state index in [-0.39, 0.29) is 30.1 Å². The van der Waals surface area contributed by atoms with Gasteiger partial charge in [-0.2, -0.15) is 0 Å². The minimum Gasteiger partial charge on any atom is -0.494 e. The van der Waals surface area contributed by atoms with Gasteiger partial charge in [0.2, 0.25) is 11.8 Å². The number of primary amides is 1. The van der Waals surface area contributed by atoms with Gasteiger partial charge in [0.05, 0.1) is 13.0 Å². The number of likely N-dealkylation sites (tertiary alicyclic amines) is 1. The van der Waals surface area contributed by atoms with Gasteiger partial charge in [0.1, 0.15) is 11.8 Å². The molecule has 9 nitrogen and oxygen atoms in total. The number of nitrogens with two attached hydrogens (primary N) is 1. The molecule has 0 aromatic heterocycles. The zero-order chi connectivity index (χ0) is 24.7. The fraction of sp³-hybridized carbons (Fsp3) is 0.583. The van der Waals surface area contributed by atoms with Crippen LogP contribution >= 0.6 is 12.2 Å². The van der Waals surface area contributed by atoms with Crippen LogP contribution in [0.5, 0.6) is 5.75 Å². The van der Waals surface area contributed by atoms with E-state index < -0.39 is 6.04 Å². The largest absolute Gasteiger partial charge is 0.494 e. The van der Waals surface area contributed by atoms with Crippen molar-refractivity contribution in [2.45, 2.75) is 45.6 Å². The number of hydrogen-bond donors (Lipinski definition) is 2. The van der Waals surface area contributed by atoms with Gasteiger partial charge in [-0.3, -0.25) is 19.3 Å². The first-order valence-electron chi connectivity index (χ1n) is 12.0. The number of carbonyl (C=O) groups excluding carboxylic acids is 3. The van der Waals surface area contributed by atoms with Crippen LogP contribution in [0.2, 0.25) is 0 Å². The van der Waals surface area contributed by atoms with E-state index in [0.29, 0.717) is 30.5 Å². The lowest BCUT2D eigenvalue weighted by Crippen LogP contribution is -2.41. The molecule has 0 spiro atoms. The Morgan fingerprint density at radius 3 is 2.41 bits per heavy atom. The number of carbonyl (C=O) groups is 3. The SMILES string of the molecule is CCOc1ccc(NC(=O)C[C@@H]2C(=O)N(CC)C(=S)N2CCCN2CCC(C(N)=O)CC2)cc1. The van der Waals surface area contributed by atoms with Crippen LogP contribution < -0.4 is 15.8 Å². The fourth-order valence-corrected chi connectivity index (χ4v) is 4.97. The molecule has 1 atom stereocenters. The lowest BCUT2D eigenvalue weighted by Gasteiger charge is -2.31. The second-order valence-corrected chi connectivity index (χ2v) is 9.02. The van der Waals surface area contributed by atoms with E-state index in [9.17, 15) is 14.4 Å². The summed E-state index contributed by atoms with van der Waals surface area (Å²) in [6, 6.07) is 6.55. The number of likely N-dealkylation sites (N-methyl/N-ethyl adjacent to an activating group) is 1. The second kappa shape index (κ2) is 12.1. The van der Waals surface area contributed by atoms with Crippen LogP contribution in [0.15, 0.2) is 24.3 Å². The monoisotopic (exact) mass is 489 g/mol. The molecule has 2 heterocycles. The maximum atomic E-state index is 13.0. The van der Waals surface area contributed by atoms with E-state index in [1.807, 2.05) is 18.7 Å². The summed E-state index contributed by atoms with van der Waals surface area (Å²) in [5.41, 5.74) is 6.07. The van der Waals surface area contributed by atoms with Crippen molar-refractivity contribution in [2.24, 2.45) is 11.7 Å². The van der Waals surface area contributed by atoms with E-state index in [0.717, 1.165) is 44.6 Å². The summed E-state index contributed by atoms with van der Waals surface area (Å²) in [6.07, 6.45) is 2.41. The quantitative estimate of drug-likeness (QED) is 0.457. The molecule has 3 N–H and O–H groups in total. The maximum absolute atomic E-state index is 13.0. The van der Waals surface area contributed by atoms with E-state index in [4.69, 9.17) is 22.7 Å². The molecule has 0 aliphatic carbocycles. The molecule has 3 rings (SSSR count). The lowest BCUT2D eigenvalue weighted by molar-refractivity contribution is -0.130. The number of anilines is 1. The maximum Gasteiger partial charge on any atom is 0.252 e. The number of rotatable bonds is 11. The average molecular weight is 490 g/mol. The minimum atomic E-state index is -0.601. The Morgan fingerprint density at radius 1 is 1.15 bits per heavy atom. The predicted molar refractivity (Wildman–Crippen MR) is 134 cm³/mol. The van der Waals surface area contributed by atoms with Crippen LogP contribution in [0.25, 0.3) is 0 Å². The Labute approximate surface area is 206 Å². The predicted octanol–water partition coefficient (Wildman–Crippen LogP) is 1.82. The summed E-state index contributed by atoms with van der Waals surface area (Å²) in [4.78, 5) is 42.9. The molecule has 1 aromatic rings. The molecule has 2 fully saturated rings. The number of hydrogen-bond acceptors (Lipinski definition) is 6. The van der Waals surface area contributed by atoms with E-state index >= 15 is 0 Å². The molecule has 10 heteroatoms. The highest BCUT2D eigenvalue weighted by Crippen LogP contribution is 2.23. The third-order valence-corrected chi connectivity index (χ3v) is 6.87. The third kappa shape index (κ3) is 6.44. The Balaban J connectivity index is 1.54. The molecule has 3 amide bonds. The van der Waals surface area contributed by atoms with Gasteiger partial charge in [0, 0.05) is 24.7 Å². The van der Waals surface area contributed by atoms with Gasteiger partial charge in [-0.15, -0.1) is 0 Å². The average Bonchev–Trinajstić information content (AvgIpc) is 3.04. The molecule has 2 aliphatic heterocycles. The van der Waals surface area contributed by atoms with Crippen LogP contribution in [-0.4, -0.2) is 82.9 Å². The molecular formula is C24H35N5O4S. The van der Waals surface area contributed by atoms with Gasteiger partial charge in [-0.1, -0.05) is 0 Å². The molecular weight excluding hydrogens is 454 g/mol. The molecule has 1 aromatic carbocycles. The topological polar surface area (TPSA) is 108 Å².